The zero-order valence-electron chi connectivity index (χ0n) is 12.1. The van der Waals surface area contributed by atoms with Gasteiger partial charge in [-0.05, 0) is 43.3 Å². The van der Waals surface area contributed by atoms with Crippen molar-refractivity contribution in [3.05, 3.63) is 46.2 Å². The van der Waals surface area contributed by atoms with E-state index in [1.807, 2.05) is 31.2 Å². The van der Waals surface area contributed by atoms with Crippen LogP contribution in [0.1, 0.15) is 28.5 Å². The van der Waals surface area contributed by atoms with Gasteiger partial charge in [0.05, 0.1) is 28.1 Å². The van der Waals surface area contributed by atoms with Crippen LogP contribution in [0.5, 0.6) is 0 Å². The van der Waals surface area contributed by atoms with Gasteiger partial charge < -0.3 is 5.32 Å². The fourth-order valence-corrected chi connectivity index (χ4v) is 3.23. The third kappa shape index (κ3) is 2.78. The topological polar surface area (TPSA) is 68.5 Å². The number of nitrogens with zero attached hydrogens (tertiary/aromatic N) is 5. The SMILES string of the molecule is Cc1nc(C(C)Nc2ccccc2-n2cnnn2)c(C)s1. The summed E-state index contributed by atoms with van der Waals surface area (Å²) in [5.41, 5.74) is 2.98. The molecule has 3 rings (SSSR count). The molecule has 1 aromatic carbocycles. The number of nitrogens with one attached hydrogen (secondary N) is 1. The standard InChI is InChI=1S/C14H16N6S/c1-9(14-10(2)21-11(3)17-14)16-12-6-4-5-7-13(12)20-8-15-18-19-20/h4-9,16H,1-3H3. The molecule has 7 heteroatoms. The summed E-state index contributed by atoms with van der Waals surface area (Å²) >= 11 is 1.72. The Morgan fingerprint density at radius 3 is 2.71 bits per heavy atom. The van der Waals surface area contributed by atoms with Gasteiger partial charge >= 0.3 is 0 Å². The normalized spacial score (nSPS) is 12.3. The third-order valence-corrected chi connectivity index (χ3v) is 4.12. The molecule has 2 heterocycles. The van der Waals surface area contributed by atoms with Crippen molar-refractivity contribution in [3.8, 4) is 5.69 Å². The van der Waals surface area contributed by atoms with Gasteiger partial charge in [0.2, 0.25) is 0 Å². The number of hydrogen-bond donors (Lipinski definition) is 1. The van der Waals surface area contributed by atoms with Gasteiger partial charge in [0.25, 0.3) is 0 Å². The van der Waals surface area contributed by atoms with Crippen LogP contribution >= 0.6 is 11.3 Å². The van der Waals surface area contributed by atoms with Gasteiger partial charge in [0.15, 0.2) is 0 Å². The maximum atomic E-state index is 4.61. The Balaban J connectivity index is 1.90. The first-order valence-electron chi connectivity index (χ1n) is 6.68. The van der Waals surface area contributed by atoms with Crippen molar-refractivity contribution in [2.75, 3.05) is 5.32 Å². The summed E-state index contributed by atoms with van der Waals surface area (Å²) < 4.78 is 1.65. The lowest BCUT2D eigenvalue weighted by atomic mass is 10.2. The summed E-state index contributed by atoms with van der Waals surface area (Å²) in [6.45, 7) is 6.24. The van der Waals surface area contributed by atoms with Crippen LogP contribution in [-0.4, -0.2) is 25.2 Å². The average Bonchev–Trinajstić information content (AvgIpc) is 3.09. The van der Waals surface area contributed by atoms with Crippen LogP contribution in [0, 0.1) is 13.8 Å². The molecular weight excluding hydrogens is 284 g/mol. The van der Waals surface area contributed by atoms with Crippen LogP contribution in [0.3, 0.4) is 0 Å². The van der Waals surface area contributed by atoms with E-state index in [4.69, 9.17) is 0 Å². The van der Waals surface area contributed by atoms with Crippen LogP contribution < -0.4 is 5.32 Å². The Bertz CT molecular complexity index is 734. The highest BCUT2D eigenvalue weighted by Crippen LogP contribution is 2.27. The number of anilines is 1. The van der Waals surface area contributed by atoms with E-state index in [1.165, 1.54) is 4.88 Å². The number of benzene rings is 1. The van der Waals surface area contributed by atoms with E-state index in [2.05, 4.69) is 39.7 Å². The second-order valence-electron chi connectivity index (χ2n) is 4.81. The van der Waals surface area contributed by atoms with Crippen molar-refractivity contribution in [3.63, 3.8) is 0 Å². The maximum absolute atomic E-state index is 4.61. The minimum atomic E-state index is 0.118. The predicted octanol–water partition coefficient (Wildman–Crippen LogP) is 2.91. The first kappa shape index (κ1) is 13.7. The van der Waals surface area contributed by atoms with E-state index < -0.39 is 0 Å². The molecule has 1 N–H and O–H groups in total. The van der Waals surface area contributed by atoms with Crippen LogP contribution in [0.4, 0.5) is 5.69 Å². The smallest absolute Gasteiger partial charge is 0.143 e. The molecule has 0 aliphatic rings. The molecule has 0 spiro atoms. The van der Waals surface area contributed by atoms with E-state index in [9.17, 15) is 0 Å². The lowest BCUT2D eigenvalue weighted by molar-refractivity contribution is 0.782. The van der Waals surface area contributed by atoms with Gasteiger partial charge in [-0.25, -0.2) is 4.98 Å². The molecule has 1 atom stereocenters. The first-order valence-corrected chi connectivity index (χ1v) is 7.49. The van der Waals surface area contributed by atoms with E-state index in [0.29, 0.717) is 0 Å². The zero-order valence-corrected chi connectivity index (χ0v) is 12.9. The molecule has 2 aromatic heterocycles. The average molecular weight is 300 g/mol. The summed E-state index contributed by atoms with van der Waals surface area (Å²) in [7, 11) is 0. The summed E-state index contributed by atoms with van der Waals surface area (Å²) in [5.74, 6) is 0. The van der Waals surface area contributed by atoms with Crippen molar-refractivity contribution in [2.24, 2.45) is 0 Å². The number of hydrogen-bond acceptors (Lipinski definition) is 6. The number of tetrazole rings is 1. The third-order valence-electron chi connectivity index (χ3n) is 3.22. The molecule has 0 amide bonds. The Kier molecular flexibility index (Phi) is 3.66. The molecule has 0 saturated carbocycles. The minimum Gasteiger partial charge on any atom is -0.375 e. The molecule has 21 heavy (non-hydrogen) atoms. The van der Waals surface area contributed by atoms with Crippen molar-refractivity contribution >= 4 is 17.0 Å². The van der Waals surface area contributed by atoms with E-state index >= 15 is 0 Å². The second-order valence-corrected chi connectivity index (χ2v) is 6.22. The summed E-state index contributed by atoms with van der Waals surface area (Å²) in [4.78, 5) is 5.85. The van der Waals surface area contributed by atoms with Crippen LogP contribution in [0.25, 0.3) is 5.69 Å². The summed E-state index contributed by atoms with van der Waals surface area (Å²) in [5, 5.41) is 15.9. The molecule has 0 aliphatic carbocycles. The number of para-hydroxylation sites is 2. The number of aryl methyl sites for hydroxylation is 2. The molecule has 0 bridgehead atoms. The highest BCUT2D eigenvalue weighted by molar-refractivity contribution is 7.11. The quantitative estimate of drug-likeness (QED) is 0.802. The lowest BCUT2D eigenvalue weighted by Crippen LogP contribution is -2.11. The maximum Gasteiger partial charge on any atom is 0.143 e. The van der Waals surface area contributed by atoms with Crippen molar-refractivity contribution in [2.45, 2.75) is 26.8 Å². The van der Waals surface area contributed by atoms with E-state index in [1.54, 1.807) is 22.3 Å². The van der Waals surface area contributed by atoms with Crippen LogP contribution in [-0.2, 0) is 0 Å². The Morgan fingerprint density at radius 1 is 1.24 bits per heavy atom. The minimum absolute atomic E-state index is 0.118. The number of thiazole rings is 1. The first-order chi connectivity index (χ1) is 10.1. The van der Waals surface area contributed by atoms with E-state index in [-0.39, 0.29) is 6.04 Å². The highest BCUT2D eigenvalue weighted by Gasteiger charge is 2.15. The van der Waals surface area contributed by atoms with Crippen LogP contribution in [0.2, 0.25) is 0 Å². The molecule has 6 nitrogen and oxygen atoms in total. The number of rotatable bonds is 4. The summed E-state index contributed by atoms with van der Waals surface area (Å²) in [6, 6.07) is 8.06. The largest absolute Gasteiger partial charge is 0.375 e. The predicted molar refractivity (Wildman–Crippen MR) is 82.8 cm³/mol. The molecule has 0 aliphatic heterocycles. The molecule has 1 unspecified atom stereocenters. The van der Waals surface area contributed by atoms with Crippen LogP contribution in [0.15, 0.2) is 30.6 Å². The van der Waals surface area contributed by atoms with Gasteiger partial charge in [-0.2, -0.15) is 4.68 Å². The van der Waals surface area contributed by atoms with Gasteiger partial charge in [-0.3, -0.25) is 0 Å². The molecule has 3 aromatic rings. The van der Waals surface area contributed by atoms with Gasteiger partial charge in [-0.15, -0.1) is 16.4 Å². The van der Waals surface area contributed by atoms with Crippen molar-refractivity contribution in [1.29, 1.82) is 0 Å². The molecule has 0 fully saturated rings. The fraction of sp³-hybridized carbons (Fsp3) is 0.286. The zero-order chi connectivity index (χ0) is 14.8. The Labute approximate surface area is 126 Å². The van der Waals surface area contributed by atoms with Crippen molar-refractivity contribution < 1.29 is 0 Å². The lowest BCUT2D eigenvalue weighted by Gasteiger charge is -2.17. The molecule has 0 saturated heterocycles. The second kappa shape index (κ2) is 5.61. The Hall–Kier alpha value is -2.28. The van der Waals surface area contributed by atoms with Gasteiger partial charge in [0, 0.05) is 4.88 Å². The van der Waals surface area contributed by atoms with Gasteiger partial charge in [0.1, 0.15) is 6.33 Å². The Morgan fingerprint density at radius 2 is 2.05 bits per heavy atom. The number of aromatic nitrogens is 5. The van der Waals surface area contributed by atoms with Crippen molar-refractivity contribution in [1.82, 2.24) is 25.2 Å². The summed E-state index contributed by atoms with van der Waals surface area (Å²) in [6.07, 6.45) is 1.59. The van der Waals surface area contributed by atoms with E-state index in [0.717, 1.165) is 22.1 Å². The molecular formula is C14H16N6S. The van der Waals surface area contributed by atoms with Gasteiger partial charge in [-0.1, -0.05) is 12.1 Å². The molecule has 108 valence electrons. The fourth-order valence-electron chi connectivity index (χ4n) is 2.32. The monoisotopic (exact) mass is 300 g/mol. The molecule has 0 radical (unpaired) electrons. The highest BCUT2D eigenvalue weighted by atomic mass is 32.1.